The Bertz CT molecular complexity index is 1200. The SMILES string of the molecule is C[C@H](C(=O)NCc1ccc2c(c1)OCO2)N(Cc1ccc(Cl)cc1)C(=O)COc1ccccc1Cl. The van der Waals surface area contributed by atoms with Crippen molar-refractivity contribution >= 4 is 35.0 Å². The summed E-state index contributed by atoms with van der Waals surface area (Å²) in [6.07, 6.45) is 0. The van der Waals surface area contributed by atoms with E-state index in [1.807, 2.05) is 24.3 Å². The molecule has 1 aliphatic rings. The van der Waals surface area contributed by atoms with Crippen LogP contribution in [-0.2, 0) is 22.7 Å². The number of halogens is 2. The standard InChI is InChI=1S/C26H24Cl2N2O5/c1-17(26(32)29-13-19-8-11-23-24(12-19)35-16-34-23)30(14-18-6-9-20(27)10-7-18)25(31)15-33-22-5-3-2-4-21(22)28/h2-12,17H,13-16H2,1H3,(H,29,32)/t17-/m1/s1. The number of ether oxygens (including phenoxy) is 3. The summed E-state index contributed by atoms with van der Waals surface area (Å²) in [5.41, 5.74) is 1.68. The topological polar surface area (TPSA) is 77.1 Å². The van der Waals surface area contributed by atoms with Crippen molar-refractivity contribution in [3.8, 4) is 17.2 Å². The van der Waals surface area contributed by atoms with Crippen molar-refractivity contribution in [2.24, 2.45) is 0 Å². The Morgan fingerprint density at radius 2 is 1.71 bits per heavy atom. The Kier molecular flexibility index (Phi) is 8.00. The van der Waals surface area contributed by atoms with Crippen LogP contribution >= 0.6 is 23.2 Å². The maximum atomic E-state index is 13.2. The first-order valence-electron chi connectivity index (χ1n) is 11.0. The lowest BCUT2D eigenvalue weighted by Gasteiger charge is -2.29. The van der Waals surface area contributed by atoms with Gasteiger partial charge in [0.2, 0.25) is 12.7 Å². The minimum absolute atomic E-state index is 0.181. The lowest BCUT2D eigenvalue weighted by molar-refractivity contribution is -0.142. The van der Waals surface area contributed by atoms with Gasteiger partial charge in [-0.1, -0.05) is 53.5 Å². The third-order valence-electron chi connectivity index (χ3n) is 5.52. The molecule has 1 aliphatic heterocycles. The normalized spacial score (nSPS) is 12.7. The van der Waals surface area contributed by atoms with Crippen LogP contribution in [0.5, 0.6) is 17.2 Å². The zero-order valence-electron chi connectivity index (χ0n) is 19.0. The highest BCUT2D eigenvalue weighted by Crippen LogP contribution is 2.32. The van der Waals surface area contributed by atoms with Gasteiger partial charge in [-0.2, -0.15) is 0 Å². The van der Waals surface area contributed by atoms with Gasteiger partial charge in [0.15, 0.2) is 18.1 Å². The van der Waals surface area contributed by atoms with E-state index in [9.17, 15) is 9.59 Å². The van der Waals surface area contributed by atoms with E-state index in [0.717, 1.165) is 11.1 Å². The number of para-hydroxylation sites is 1. The number of hydrogen-bond donors (Lipinski definition) is 1. The van der Waals surface area contributed by atoms with Gasteiger partial charge >= 0.3 is 0 Å². The minimum atomic E-state index is -0.762. The van der Waals surface area contributed by atoms with E-state index in [-0.39, 0.29) is 38.3 Å². The Balaban J connectivity index is 1.44. The molecule has 1 N–H and O–H groups in total. The molecular formula is C26H24Cl2N2O5. The van der Waals surface area contributed by atoms with Gasteiger partial charge < -0.3 is 24.4 Å². The van der Waals surface area contributed by atoms with Crippen LogP contribution in [-0.4, -0.2) is 36.2 Å². The van der Waals surface area contributed by atoms with Crippen LogP contribution in [0, 0.1) is 0 Å². The first-order chi connectivity index (χ1) is 16.9. The predicted molar refractivity (Wildman–Crippen MR) is 133 cm³/mol. The molecule has 0 aliphatic carbocycles. The first kappa shape index (κ1) is 24.7. The van der Waals surface area contributed by atoms with Gasteiger partial charge in [-0.15, -0.1) is 0 Å². The fourth-order valence-corrected chi connectivity index (χ4v) is 3.86. The Morgan fingerprint density at radius 3 is 2.49 bits per heavy atom. The monoisotopic (exact) mass is 514 g/mol. The Labute approximate surface area is 213 Å². The number of carbonyl (C=O) groups excluding carboxylic acids is 2. The van der Waals surface area contributed by atoms with E-state index < -0.39 is 6.04 Å². The van der Waals surface area contributed by atoms with Crippen LogP contribution in [0.25, 0.3) is 0 Å². The summed E-state index contributed by atoms with van der Waals surface area (Å²) in [6.45, 7) is 2.08. The smallest absolute Gasteiger partial charge is 0.261 e. The average Bonchev–Trinajstić information content (AvgIpc) is 3.34. The number of nitrogens with one attached hydrogen (secondary N) is 1. The third-order valence-corrected chi connectivity index (χ3v) is 6.09. The molecule has 182 valence electrons. The molecule has 0 saturated carbocycles. The molecule has 2 amide bonds. The molecule has 0 bridgehead atoms. The van der Waals surface area contributed by atoms with Crippen molar-refractivity contribution in [1.29, 1.82) is 0 Å². The summed E-state index contributed by atoms with van der Waals surface area (Å²) in [4.78, 5) is 27.7. The molecule has 9 heteroatoms. The second-order valence-electron chi connectivity index (χ2n) is 7.95. The van der Waals surface area contributed by atoms with Crippen molar-refractivity contribution < 1.29 is 23.8 Å². The molecule has 35 heavy (non-hydrogen) atoms. The summed E-state index contributed by atoms with van der Waals surface area (Å²) in [5.74, 6) is 1.05. The molecule has 1 atom stereocenters. The van der Waals surface area contributed by atoms with E-state index in [1.54, 1.807) is 49.4 Å². The molecule has 0 aromatic heterocycles. The Hall–Kier alpha value is -3.42. The molecule has 7 nitrogen and oxygen atoms in total. The molecular weight excluding hydrogens is 491 g/mol. The highest BCUT2D eigenvalue weighted by atomic mass is 35.5. The summed E-state index contributed by atoms with van der Waals surface area (Å²) < 4.78 is 16.3. The number of carbonyl (C=O) groups is 2. The number of rotatable bonds is 9. The maximum absolute atomic E-state index is 13.2. The number of fused-ring (bicyclic) bond motifs is 1. The number of amides is 2. The quantitative estimate of drug-likeness (QED) is 0.442. The second-order valence-corrected chi connectivity index (χ2v) is 8.79. The van der Waals surface area contributed by atoms with Crippen molar-refractivity contribution in [3.05, 3.63) is 87.9 Å². The van der Waals surface area contributed by atoms with E-state index in [1.165, 1.54) is 4.90 Å². The van der Waals surface area contributed by atoms with Crippen LogP contribution in [0.1, 0.15) is 18.1 Å². The zero-order valence-corrected chi connectivity index (χ0v) is 20.5. The van der Waals surface area contributed by atoms with Crippen molar-refractivity contribution in [2.75, 3.05) is 13.4 Å². The number of hydrogen-bond acceptors (Lipinski definition) is 5. The van der Waals surface area contributed by atoms with E-state index >= 15 is 0 Å². The van der Waals surface area contributed by atoms with Crippen LogP contribution < -0.4 is 19.5 Å². The molecule has 0 fully saturated rings. The van der Waals surface area contributed by atoms with Crippen LogP contribution in [0.15, 0.2) is 66.7 Å². The van der Waals surface area contributed by atoms with Crippen molar-refractivity contribution in [1.82, 2.24) is 10.2 Å². The van der Waals surface area contributed by atoms with Gasteiger partial charge in [-0.25, -0.2) is 0 Å². The minimum Gasteiger partial charge on any atom is -0.482 e. The number of nitrogens with zero attached hydrogens (tertiary/aromatic N) is 1. The molecule has 1 heterocycles. The van der Waals surface area contributed by atoms with Crippen molar-refractivity contribution in [3.63, 3.8) is 0 Å². The van der Waals surface area contributed by atoms with Gasteiger partial charge in [0.1, 0.15) is 11.8 Å². The summed E-state index contributed by atoms with van der Waals surface area (Å²) in [5, 5.41) is 3.88. The lowest BCUT2D eigenvalue weighted by atomic mass is 10.1. The predicted octanol–water partition coefficient (Wildman–Crippen LogP) is 4.83. The largest absolute Gasteiger partial charge is 0.482 e. The third kappa shape index (κ3) is 6.38. The highest BCUT2D eigenvalue weighted by molar-refractivity contribution is 6.32. The summed E-state index contributed by atoms with van der Waals surface area (Å²) in [6, 6.07) is 18.7. The summed E-state index contributed by atoms with van der Waals surface area (Å²) >= 11 is 12.1. The lowest BCUT2D eigenvalue weighted by Crippen LogP contribution is -2.48. The van der Waals surface area contributed by atoms with E-state index in [0.29, 0.717) is 27.3 Å². The molecule has 3 aromatic rings. The van der Waals surface area contributed by atoms with Gasteiger partial charge in [-0.05, 0) is 54.4 Å². The average molecular weight is 515 g/mol. The fourth-order valence-electron chi connectivity index (χ4n) is 3.54. The van der Waals surface area contributed by atoms with Crippen LogP contribution in [0.3, 0.4) is 0 Å². The van der Waals surface area contributed by atoms with Crippen LogP contribution in [0.4, 0.5) is 0 Å². The van der Waals surface area contributed by atoms with Gasteiger partial charge in [0.25, 0.3) is 5.91 Å². The fraction of sp³-hybridized carbons (Fsp3) is 0.231. The molecule has 0 saturated heterocycles. The van der Waals surface area contributed by atoms with Crippen LogP contribution in [0.2, 0.25) is 10.0 Å². The van der Waals surface area contributed by atoms with Gasteiger partial charge in [0.05, 0.1) is 5.02 Å². The summed E-state index contributed by atoms with van der Waals surface area (Å²) in [7, 11) is 0. The van der Waals surface area contributed by atoms with Gasteiger partial charge in [-0.3, -0.25) is 9.59 Å². The second kappa shape index (κ2) is 11.3. The maximum Gasteiger partial charge on any atom is 0.261 e. The van der Waals surface area contributed by atoms with E-state index in [4.69, 9.17) is 37.4 Å². The van der Waals surface area contributed by atoms with E-state index in [2.05, 4.69) is 5.32 Å². The van der Waals surface area contributed by atoms with Crippen molar-refractivity contribution in [2.45, 2.75) is 26.1 Å². The first-order valence-corrected chi connectivity index (χ1v) is 11.7. The molecule has 0 radical (unpaired) electrons. The molecule has 3 aromatic carbocycles. The Morgan fingerprint density at radius 1 is 1.00 bits per heavy atom. The number of benzene rings is 3. The zero-order chi connectivity index (χ0) is 24.8. The molecule has 0 unspecified atom stereocenters. The highest BCUT2D eigenvalue weighted by Gasteiger charge is 2.27. The molecule has 4 rings (SSSR count). The van der Waals surface area contributed by atoms with Gasteiger partial charge in [0, 0.05) is 18.1 Å². The molecule has 0 spiro atoms.